The number of aliphatic hydroxyl groups excluding tert-OH is 1. The predicted molar refractivity (Wildman–Crippen MR) is 56.2 cm³/mol. The van der Waals surface area contributed by atoms with Crippen LogP contribution in [0.15, 0.2) is 0 Å². The van der Waals surface area contributed by atoms with Crippen LogP contribution in [0, 0.1) is 5.92 Å². The summed E-state index contributed by atoms with van der Waals surface area (Å²) in [5.74, 6) is -0.0928. The van der Waals surface area contributed by atoms with E-state index in [4.69, 9.17) is 10.8 Å². The van der Waals surface area contributed by atoms with Crippen molar-refractivity contribution in [3.05, 3.63) is 0 Å². The van der Waals surface area contributed by atoms with Gasteiger partial charge in [-0.1, -0.05) is 6.42 Å². The van der Waals surface area contributed by atoms with E-state index in [1.54, 1.807) is 0 Å². The van der Waals surface area contributed by atoms with Gasteiger partial charge in [-0.15, -0.1) is 0 Å². The molecular weight excluding hydrogens is 196 g/mol. The van der Waals surface area contributed by atoms with Crippen LogP contribution in [-0.2, 0) is 9.53 Å². The summed E-state index contributed by atoms with van der Waals surface area (Å²) in [5.41, 5.74) is 5.49. The highest BCUT2D eigenvalue weighted by atomic mass is 16.5. The number of carbonyl (C=O) groups excluding carboxylic acids is 1. The summed E-state index contributed by atoms with van der Waals surface area (Å²) in [4.78, 5) is 11.3. The number of esters is 1. The molecule has 88 valence electrons. The Bertz CT molecular complexity index is 211. The molecule has 0 heterocycles. The summed E-state index contributed by atoms with van der Waals surface area (Å²) in [6.07, 6.45) is 3.08. The second-order valence-corrected chi connectivity index (χ2v) is 3.96. The molecule has 0 aliphatic heterocycles. The average Bonchev–Trinajstić information content (AvgIpc) is 2.71. The fourth-order valence-electron chi connectivity index (χ4n) is 2.11. The lowest BCUT2D eigenvalue weighted by Gasteiger charge is -2.23. The van der Waals surface area contributed by atoms with Gasteiger partial charge in [-0.3, -0.25) is 4.79 Å². The first kappa shape index (κ1) is 12.4. The van der Waals surface area contributed by atoms with Crippen molar-refractivity contribution in [2.24, 2.45) is 11.7 Å². The molecule has 1 aliphatic rings. The van der Waals surface area contributed by atoms with E-state index in [-0.39, 0.29) is 31.1 Å². The van der Waals surface area contributed by atoms with Gasteiger partial charge in [-0.2, -0.15) is 0 Å². The van der Waals surface area contributed by atoms with Gasteiger partial charge in [-0.25, -0.2) is 0 Å². The first-order chi connectivity index (χ1) is 7.22. The predicted octanol–water partition coefficient (Wildman–Crippen LogP) is -0.763. The van der Waals surface area contributed by atoms with E-state index in [0.29, 0.717) is 0 Å². The molecule has 1 fully saturated rings. The Hall–Kier alpha value is -0.650. The van der Waals surface area contributed by atoms with Crippen molar-refractivity contribution in [2.45, 2.75) is 31.3 Å². The molecule has 5 heteroatoms. The number of rotatable bonds is 5. The van der Waals surface area contributed by atoms with Gasteiger partial charge < -0.3 is 20.9 Å². The summed E-state index contributed by atoms with van der Waals surface area (Å²) >= 11 is 0. The zero-order valence-electron chi connectivity index (χ0n) is 9.11. The maximum absolute atomic E-state index is 11.3. The van der Waals surface area contributed by atoms with E-state index in [9.17, 15) is 4.79 Å². The van der Waals surface area contributed by atoms with Gasteiger partial charge in [0, 0.05) is 19.2 Å². The number of ether oxygens (including phenoxy) is 1. The zero-order valence-corrected chi connectivity index (χ0v) is 9.11. The van der Waals surface area contributed by atoms with Crippen LogP contribution in [-0.4, -0.2) is 43.4 Å². The Morgan fingerprint density at radius 2 is 2.40 bits per heavy atom. The van der Waals surface area contributed by atoms with Crippen molar-refractivity contribution in [1.82, 2.24) is 5.32 Å². The number of methoxy groups -OCH3 is 1. The van der Waals surface area contributed by atoms with E-state index in [0.717, 1.165) is 19.3 Å². The molecule has 0 radical (unpaired) electrons. The number of nitrogens with one attached hydrogen (secondary N) is 1. The molecule has 3 unspecified atom stereocenters. The second kappa shape index (κ2) is 6.05. The summed E-state index contributed by atoms with van der Waals surface area (Å²) in [5, 5.41) is 12.3. The Kier molecular flexibility index (Phi) is 5.01. The van der Waals surface area contributed by atoms with E-state index < -0.39 is 6.04 Å². The van der Waals surface area contributed by atoms with Crippen molar-refractivity contribution in [3.63, 3.8) is 0 Å². The first-order valence-corrected chi connectivity index (χ1v) is 5.37. The Labute approximate surface area is 90.0 Å². The number of hydrogen-bond donors (Lipinski definition) is 3. The van der Waals surface area contributed by atoms with E-state index in [1.165, 1.54) is 7.11 Å². The van der Waals surface area contributed by atoms with Crippen molar-refractivity contribution < 1.29 is 14.6 Å². The fourth-order valence-corrected chi connectivity index (χ4v) is 2.11. The molecule has 1 saturated carbocycles. The van der Waals surface area contributed by atoms with Gasteiger partial charge in [0.1, 0.15) is 6.04 Å². The van der Waals surface area contributed by atoms with Crippen LogP contribution in [0.1, 0.15) is 19.3 Å². The zero-order chi connectivity index (χ0) is 11.3. The fraction of sp³-hybridized carbons (Fsp3) is 0.900. The third kappa shape index (κ3) is 3.15. The summed E-state index contributed by atoms with van der Waals surface area (Å²) in [6.45, 7) is 0.386. The molecule has 5 nitrogen and oxygen atoms in total. The van der Waals surface area contributed by atoms with Crippen molar-refractivity contribution in [3.8, 4) is 0 Å². The Morgan fingerprint density at radius 1 is 1.67 bits per heavy atom. The molecule has 0 aromatic carbocycles. The minimum atomic E-state index is -0.452. The quantitative estimate of drug-likeness (QED) is 0.526. The highest BCUT2D eigenvalue weighted by molar-refractivity contribution is 5.75. The van der Waals surface area contributed by atoms with Crippen LogP contribution in [0.2, 0.25) is 0 Å². The summed E-state index contributed by atoms with van der Waals surface area (Å²) in [7, 11) is 1.35. The number of hydrogen-bond acceptors (Lipinski definition) is 5. The van der Waals surface area contributed by atoms with Crippen LogP contribution >= 0.6 is 0 Å². The highest BCUT2D eigenvalue weighted by Gasteiger charge is 2.30. The third-order valence-corrected chi connectivity index (χ3v) is 3.03. The normalized spacial score (nSPS) is 27.7. The highest BCUT2D eigenvalue weighted by Crippen LogP contribution is 2.25. The molecule has 0 aromatic heterocycles. The number of aliphatic hydroxyl groups is 1. The molecule has 1 aliphatic carbocycles. The van der Waals surface area contributed by atoms with Crippen LogP contribution < -0.4 is 11.1 Å². The minimum absolute atomic E-state index is 0.163. The summed E-state index contributed by atoms with van der Waals surface area (Å²) in [6, 6.07) is -0.269. The molecule has 0 amide bonds. The smallest absolute Gasteiger partial charge is 0.324 e. The first-order valence-electron chi connectivity index (χ1n) is 5.37. The molecule has 0 aromatic rings. The average molecular weight is 216 g/mol. The van der Waals surface area contributed by atoms with Crippen LogP contribution in [0.5, 0.6) is 0 Å². The van der Waals surface area contributed by atoms with Gasteiger partial charge in [0.2, 0.25) is 0 Å². The van der Waals surface area contributed by atoms with Gasteiger partial charge in [0.05, 0.1) is 7.11 Å². The molecule has 0 saturated heterocycles. The van der Waals surface area contributed by atoms with Crippen LogP contribution in [0.4, 0.5) is 0 Å². The van der Waals surface area contributed by atoms with E-state index in [2.05, 4.69) is 10.1 Å². The maximum atomic E-state index is 11.3. The minimum Gasteiger partial charge on any atom is -0.468 e. The van der Waals surface area contributed by atoms with Gasteiger partial charge in [-0.05, 0) is 18.8 Å². The lowest BCUT2D eigenvalue weighted by atomic mass is 10.0. The van der Waals surface area contributed by atoms with E-state index >= 15 is 0 Å². The topological polar surface area (TPSA) is 84.6 Å². The molecular formula is C10H20N2O3. The van der Waals surface area contributed by atoms with Gasteiger partial charge in [0.25, 0.3) is 0 Å². The van der Waals surface area contributed by atoms with Gasteiger partial charge in [0.15, 0.2) is 0 Å². The van der Waals surface area contributed by atoms with Crippen molar-refractivity contribution >= 4 is 5.97 Å². The molecule has 4 N–H and O–H groups in total. The van der Waals surface area contributed by atoms with Crippen LogP contribution in [0.3, 0.4) is 0 Å². The monoisotopic (exact) mass is 216 g/mol. The third-order valence-electron chi connectivity index (χ3n) is 3.03. The van der Waals surface area contributed by atoms with Crippen molar-refractivity contribution in [2.75, 3.05) is 20.3 Å². The second-order valence-electron chi connectivity index (χ2n) is 3.96. The van der Waals surface area contributed by atoms with Crippen molar-refractivity contribution in [1.29, 1.82) is 0 Å². The lowest BCUT2D eigenvalue weighted by molar-refractivity contribution is -0.143. The molecule has 3 atom stereocenters. The van der Waals surface area contributed by atoms with E-state index in [1.807, 2.05) is 0 Å². The summed E-state index contributed by atoms with van der Waals surface area (Å²) < 4.78 is 4.64. The molecule has 0 bridgehead atoms. The van der Waals surface area contributed by atoms with Crippen LogP contribution in [0.25, 0.3) is 0 Å². The van der Waals surface area contributed by atoms with Gasteiger partial charge >= 0.3 is 5.97 Å². The molecule has 0 spiro atoms. The largest absolute Gasteiger partial charge is 0.468 e. The maximum Gasteiger partial charge on any atom is 0.324 e. The molecule has 1 rings (SSSR count). The molecule has 15 heavy (non-hydrogen) atoms. The Morgan fingerprint density at radius 3 is 2.93 bits per heavy atom. The Balaban J connectivity index is 2.47. The number of nitrogens with two attached hydrogens (primary N) is 1. The lowest BCUT2D eigenvalue weighted by Crippen LogP contribution is -2.49. The SMILES string of the molecule is COC(=O)C(CN)NC1CCCC1CO. The standard InChI is InChI=1S/C10H20N2O3/c1-15-10(14)9(5-11)12-8-4-2-3-7(8)6-13/h7-9,12-13H,2-6,11H2,1H3. The number of carbonyl (C=O) groups is 1.